The number of aromatic amines is 1. The summed E-state index contributed by atoms with van der Waals surface area (Å²) in [6, 6.07) is 0. The smallest absolute Gasteiger partial charge is 0.308 e. The van der Waals surface area contributed by atoms with Crippen LogP contribution in [-0.4, -0.2) is 36.0 Å². The fraction of sp³-hybridized carbons (Fsp3) is 0.636. The normalized spacial score (nSPS) is 13.7. The number of H-pyrrole nitrogens is 1. The highest BCUT2D eigenvalue weighted by Gasteiger charge is 2.25. The first-order valence-electron chi connectivity index (χ1n) is 6.04. The Balaban J connectivity index is 2.77. The van der Waals surface area contributed by atoms with Crippen LogP contribution in [0, 0.1) is 11.8 Å². The summed E-state index contributed by atoms with van der Waals surface area (Å²) in [6.45, 7) is 5.18. The molecular weight excluding hydrogens is 270 g/mol. The fourth-order valence-electron chi connectivity index (χ4n) is 1.54. The molecule has 0 bridgehead atoms. The predicted octanol–water partition coefficient (Wildman–Crippen LogP) is 0.607. The molecule has 1 unspecified atom stereocenters. The molecule has 19 heavy (non-hydrogen) atoms. The first-order valence-corrected chi connectivity index (χ1v) is 7.52. The predicted molar refractivity (Wildman–Crippen MR) is 69.1 cm³/mol. The zero-order valence-corrected chi connectivity index (χ0v) is 12.0. The molecule has 0 aromatic carbocycles. The summed E-state index contributed by atoms with van der Waals surface area (Å²) in [7, 11) is -3.74. The van der Waals surface area contributed by atoms with Gasteiger partial charge in [-0.25, -0.2) is 18.1 Å². The second-order valence-corrected chi connectivity index (χ2v) is 6.32. The van der Waals surface area contributed by atoms with Crippen molar-refractivity contribution in [2.45, 2.75) is 32.2 Å². The van der Waals surface area contributed by atoms with E-state index in [1.165, 1.54) is 6.20 Å². The van der Waals surface area contributed by atoms with Crippen LogP contribution in [0.3, 0.4) is 0 Å². The van der Waals surface area contributed by atoms with Gasteiger partial charge in [-0.05, 0) is 5.92 Å². The number of aliphatic carboxylic acids is 1. The topological polar surface area (TPSA) is 112 Å². The molecule has 0 saturated heterocycles. The van der Waals surface area contributed by atoms with Crippen molar-refractivity contribution in [2.24, 2.45) is 11.8 Å². The summed E-state index contributed by atoms with van der Waals surface area (Å²) in [5, 5.41) is 8.95. The number of rotatable bonds is 7. The van der Waals surface area contributed by atoms with E-state index in [2.05, 4.69) is 14.7 Å². The van der Waals surface area contributed by atoms with E-state index in [4.69, 9.17) is 5.11 Å². The highest BCUT2D eigenvalue weighted by atomic mass is 32.2. The summed E-state index contributed by atoms with van der Waals surface area (Å²) in [6.07, 6.45) is 1.82. The van der Waals surface area contributed by atoms with Crippen molar-refractivity contribution in [1.29, 1.82) is 0 Å². The zero-order valence-electron chi connectivity index (χ0n) is 11.2. The number of carboxylic acids is 1. The lowest BCUT2D eigenvalue weighted by Gasteiger charge is -2.16. The van der Waals surface area contributed by atoms with E-state index in [1.54, 1.807) is 13.8 Å². The number of aromatic nitrogens is 2. The zero-order chi connectivity index (χ0) is 14.6. The van der Waals surface area contributed by atoms with Crippen molar-refractivity contribution in [3.63, 3.8) is 0 Å². The van der Waals surface area contributed by atoms with Crippen LogP contribution < -0.4 is 4.72 Å². The molecule has 8 heteroatoms. The summed E-state index contributed by atoms with van der Waals surface area (Å²) >= 11 is 0. The Hall–Kier alpha value is -1.41. The molecule has 0 radical (unpaired) electrons. The van der Waals surface area contributed by atoms with Gasteiger partial charge in [0.2, 0.25) is 0 Å². The molecule has 3 N–H and O–H groups in total. The van der Waals surface area contributed by atoms with E-state index >= 15 is 0 Å². The summed E-state index contributed by atoms with van der Waals surface area (Å²) in [5.74, 6) is -1.37. The summed E-state index contributed by atoms with van der Waals surface area (Å²) in [5.41, 5.74) is 0. The second kappa shape index (κ2) is 6.16. The van der Waals surface area contributed by atoms with Crippen LogP contribution in [-0.2, 0) is 21.2 Å². The molecule has 0 aliphatic rings. The van der Waals surface area contributed by atoms with E-state index in [0.29, 0.717) is 12.2 Å². The number of hydrogen-bond donors (Lipinski definition) is 3. The molecule has 1 heterocycles. The van der Waals surface area contributed by atoms with Crippen LogP contribution >= 0.6 is 0 Å². The van der Waals surface area contributed by atoms with Gasteiger partial charge in [-0.3, -0.25) is 4.79 Å². The molecular formula is C11H19N3O4S. The lowest BCUT2D eigenvalue weighted by Crippen LogP contribution is -2.35. The van der Waals surface area contributed by atoms with Crippen LogP contribution in [0.1, 0.15) is 26.6 Å². The van der Waals surface area contributed by atoms with E-state index in [-0.39, 0.29) is 17.5 Å². The standard InChI is InChI=1S/C11H19N3O4S/c1-4-9-12-6-10(14-9)19(17,18)13-5-8(7(2)3)11(15)16/h6-8,13H,4-5H2,1-3H3,(H,12,14)(H,15,16). The van der Waals surface area contributed by atoms with E-state index in [0.717, 1.165) is 0 Å². The van der Waals surface area contributed by atoms with Gasteiger partial charge in [0.05, 0.1) is 12.1 Å². The number of imidazole rings is 1. The van der Waals surface area contributed by atoms with Gasteiger partial charge in [-0.1, -0.05) is 20.8 Å². The van der Waals surface area contributed by atoms with Crippen molar-refractivity contribution in [1.82, 2.24) is 14.7 Å². The molecule has 0 amide bonds. The third-order valence-corrected chi connectivity index (χ3v) is 4.18. The maximum atomic E-state index is 11.9. The van der Waals surface area contributed by atoms with Crippen molar-refractivity contribution in [3.8, 4) is 0 Å². The average Bonchev–Trinajstić information content (AvgIpc) is 2.77. The number of nitrogens with zero attached hydrogens (tertiary/aromatic N) is 1. The minimum Gasteiger partial charge on any atom is -0.481 e. The molecule has 0 saturated carbocycles. The van der Waals surface area contributed by atoms with Crippen LogP contribution in [0.15, 0.2) is 11.2 Å². The van der Waals surface area contributed by atoms with Gasteiger partial charge < -0.3 is 10.1 Å². The van der Waals surface area contributed by atoms with Crippen LogP contribution in [0.25, 0.3) is 0 Å². The Morgan fingerprint density at radius 1 is 1.53 bits per heavy atom. The van der Waals surface area contributed by atoms with Gasteiger partial charge in [0, 0.05) is 13.0 Å². The molecule has 0 aliphatic carbocycles. The Kier molecular flexibility index (Phi) is 5.07. The van der Waals surface area contributed by atoms with Crippen molar-refractivity contribution >= 4 is 16.0 Å². The molecule has 7 nitrogen and oxygen atoms in total. The highest BCUT2D eigenvalue weighted by molar-refractivity contribution is 7.89. The molecule has 1 aromatic rings. The molecule has 1 aromatic heterocycles. The lowest BCUT2D eigenvalue weighted by atomic mass is 9.97. The van der Waals surface area contributed by atoms with E-state index in [1.807, 2.05) is 6.92 Å². The quantitative estimate of drug-likeness (QED) is 0.680. The maximum Gasteiger partial charge on any atom is 0.308 e. The van der Waals surface area contributed by atoms with Crippen LogP contribution in [0.2, 0.25) is 0 Å². The largest absolute Gasteiger partial charge is 0.481 e. The Morgan fingerprint density at radius 3 is 2.58 bits per heavy atom. The third kappa shape index (κ3) is 4.03. The summed E-state index contributed by atoms with van der Waals surface area (Å²) < 4.78 is 26.2. The molecule has 0 fully saturated rings. The van der Waals surface area contributed by atoms with E-state index in [9.17, 15) is 13.2 Å². The monoisotopic (exact) mass is 289 g/mol. The van der Waals surface area contributed by atoms with Crippen molar-refractivity contribution in [3.05, 3.63) is 12.0 Å². The minimum absolute atomic E-state index is 0.0442. The average molecular weight is 289 g/mol. The van der Waals surface area contributed by atoms with Gasteiger partial charge in [0.1, 0.15) is 5.82 Å². The molecule has 108 valence electrons. The SMILES string of the molecule is CCc1ncc(S(=O)(=O)NCC(C(=O)O)C(C)C)[nH]1. The minimum atomic E-state index is -3.74. The van der Waals surface area contributed by atoms with Gasteiger partial charge in [-0.15, -0.1) is 0 Å². The lowest BCUT2D eigenvalue weighted by molar-refractivity contribution is -0.142. The first-order chi connectivity index (χ1) is 8.77. The second-order valence-electron chi connectivity index (χ2n) is 4.59. The van der Waals surface area contributed by atoms with Crippen molar-refractivity contribution < 1.29 is 18.3 Å². The molecule has 1 rings (SSSR count). The summed E-state index contributed by atoms with van der Waals surface area (Å²) in [4.78, 5) is 17.6. The molecule has 0 aliphatic heterocycles. The van der Waals surface area contributed by atoms with Crippen molar-refractivity contribution in [2.75, 3.05) is 6.54 Å². The fourth-order valence-corrected chi connectivity index (χ4v) is 2.54. The number of aryl methyl sites for hydroxylation is 1. The Bertz CT molecular complexity index is 536. The first kappa shape index (κ1) is 15.6. The highest BCUT2D eigenvalue weighted by Crippen LogP contribution is 2.12. The van der Waals surface area contributed by atoms with Gasteiger partial charge >= 0.3 is 5.97 Å². The van der Waals surface area contributed by atoms with Crippen LogP contribution in [0.4, 0.5) is 0 Å². The van der Waals surface area contributed by atoms with Gasteiger partial charge in [-0.2, -0.15) is 0 Å². The number of carbonyl (C=O) groups is 1. The number of nitrogens with one attached hydrogen (secondary N) is 2. The number of hydrogen-bond acceptors (Lipinski definition) is 4. The Labute approximate surface area is 112 Å². The van der Waals surface area contributed by atoms with Gasteiger partial charge in [0.15, 0.2) is 5.03 Å². The third-order valence-electron chi connectivity index (χ3n) is 2.84. The number of carboxylic acid groups (broad SMARTS) is 1. The molecule has 1 atom stereocenters. The Morgan fingerprint density at radius 2 is 2.16 bits per heavy atom. The van der Waals surface area contributed by atoms with E-state index < -0.39 is 21.9 Å². The molecule has 0 spiro atoms. The van der Waals surface area contributed by atoms with Gasteiger partial charge in [0.25, 0.3) is 10.0 Å². The van der Waals surface area contributed by atoms with Crippen LogP contribution in [0.5, 0.6) is 0 Å². The maximum absolute atomic E-state index is 11.9. The number of sulfonamides is 1.